The topological polar surface area (TPSA) is 39.2 Å². The summed E-state index contributed by atoms with van der Waals surface area (Å²) in [5, 5.41) is 0. The van der Waals surface area contributed by atoms with Gasteiger partial charge < -0.3 is 4.74 Å². The number of hydrogen-bond donors (Lipinski definition) is 0. The summed E-state index contributed by atoms with van der Waals surface area (Å²) in [7, 11) is 0. The van der Waals surface area contributed by atoms with Crippen molar-refractivity contribution in [1.82, 2.24) is 4.98 Å². The van der Waals surface area contributed by atoms with E-state index in [0.29, 0.717) is 0 Å². The molecule has 2 fully saturated rings. The van der Waals surface area contributed by atoms with Gasteiger partial charge in [-0.15, -0.1) is 0 Å². The van der Waals surface area contributed by atoms with Crippen molar-refractivity contribution in [3.05, 3.63) is 47.8 Å². The number of carbonyl (C=O) groups excluding carboxylic acids is 1. The van der Waals surface area contributed by atoms with Crippen LogP contribution in [0.5, 0.6) is 0 Å². The molecular formula is C26H33NO2. The molecule has 1 unspecified atom stereocenters. The number of rotatable bonds is 2. The van der Waals surface area contributed by atoms with E-state index in [9.17, 15) is 4.79 Å². The van der Waals surface area contributed by atoms with Crippen LogP contribution < -0.4 is 0 Å². The number of ether oxygens (including phenoxy) is 1. The number of carbonyl (C=O) groups is 1. The minimum atomic E-state index is -0.138. The third-order valence-corrected chi connectivity index (χ3v) is 8.94. The van der Waals surface area contributed by atoms with E-state index in [1.165, 1.54) is 43.7 Å². The molecule has 0 spiro atoms. The highest BCUT2D eigenvalue weighted by molar-refractivity contribution is 5.72. The van der Waals surface area contributed by atoms with Gasteiger partial charge in [0.1, 0.15) is 6.10 Å². The van der Waals surface area contributed by atoms with Crippen LogP contribution in [0.4, 0.5) is 0 Å². The smallest absolute Gasteiger partial charge is 0.302 e. The van der Waals surface area contributed by atoms with Crippen molar-refractivity contribution in [3.63, 3.8) is 0 Å². The highest BCUT2D eigenvalue weighted by Crippen LogP contribution is 2.66. The second kappa shape index (κ2) is 6.82. The van der Waals surface area contributed by atoms with Gasteiger partial charge in [-0.25, -0.2) is 0 Å². The van der Waals surface area contributed by atoms with E-state index in [4.69, 9.17) is 4.74 Å². The van der Waals surface area contributed by atoms with E-state index in [2.05, 4.69) is 43.1 Å². The minimum absolute atomic E-state index is 0.0857. The molecular weight excluding hydrogens is 358 g/mol. The molecule has 5 rings (SSSR count). The third kappa shape index (κ3) is 2.92. The molecule has 2 saturated carbocycles. The van der Waals surface area contributed by atoms with E-state index in [-0.39, 0.29) is 22.9 Å². The van der Waals surface area contributed by atoms with Gasteiger partial charge in [-0.05, 0) is 84.3 Å². The van der Waals surface area contributed by atoms with Crippen molar-refractivity contribution >= 4 is 11.5 Å². The Morgan fingerprint density at radius 2 is 1.93 bits per heavy atom. The van der Waals surface area contributed by atoms with Crippen LogP contribution in [0, 0.1) is 28.6 Å². The van der Waals surface area contributed by atoms with Crippen molar-refractivity contribution in [2.75, 3.05) is 0 Å². The van der Waals surface area contributed by atoms with E-state index in [0.717, 1.165) is 37.0 Å². The molecule has 0 N–H and O–H groups in total. The molecule has 0 aromatic carbocycles. The quantitative estimate of drug-likeness (QED) is 0.460. The SMILES string of the molecule is CC(=O)O[C@H]1CC[C@@]2(C)C(=CC[C@H]3C4CC=C(c5cccnc5)[C@@]4(C)CC[C@@H]32)C1. The van der Waals surface area contributed by atoms with Crippen LogP contribution >= 0.6 is 0 Å². The van der Waals surface area contributed by atoms with Crippen molar-refractivity contribution in [1.29, 1.82) is 0 Å². The summed E-state index contributed by atoms with van der Waals surface area (Å²) in [6, 6.07) is 4.30. The van der Waals surface area contributed by atoms with Gasteiger partial charge in [0.25, 0.3) is 0 Å². The molecule has 1 aromatic rings. The summed E-state index contributed by atoms with van der Waals surface area (Å²) in [6.07, 6.45) is 17.1. The lowest BCUT2D eigenvalue weighted by atomic mass is 9.47. The Morgan fingerprint density at radius 1 is 1.10 bits per heavy atom. The average molecular weight is 392 g/mol. The summed E-state index contributed by atoms with van der Waals surface area (Å²) >= 11 is 0. The lowest BCUT2D eigenvalue weighted by Gasteiger charge is -2.57. The Balaban J connectivity index is 1.41. The Labute approximate surface area is 174 Å². The van der Waals surface area contributed by atoms with Crippen LogP contribution in [0.3, 0.4) is 0 Å². The van der Waals surface area contributed by atoms with Crippen LogP contribution in [0.1, 0.15) is 71.3 Å². The van der Waals surface area contributed by atoms with Crippen LogP contribution in [0.15, 0.2) is 42.3 Å². The normalized spacial score (nSPS) is 40.8. The fourth-order valence-corrected chi connectivity index (χ4v) is 7.50. The molecule has 0 saturated heterocycles. The molecule has 0 amide bonds. The Hall–Kier alpha value is -1.90. The van der Waals surface area contributed by atoms with E-state index < -0.39 is 0 Å². The Morgan fingerprint density at radius 3 is 2.69 bits per heavy atom. The number of allylic oxidation sites excluding steroid dienone is 3. The second-order valence-electron chi connectivity index (χ2n) is 10.3. The summed E-state index contributed by atoms with van der Waals surface area (Å²) in [6.45, 7) is 6.56. The number of aromatic nitrogens is 1. The lowest BCUT2D eigenvalue weighted by Crippen LogP contribution is -2.50. The molecule has 3 nitrogen and oxygen atoms in total. The molecule has 0 aliphatic heterocycles. The number of fused-ring (bicyclic) bond motifs is 5. The fourth-order valence-electron chi connectivity index (χ4n) is 7.50. The van der Waals surface area contributed by atoms with Gasteiger partial charge in [-0.1, -0.05) is 37.6 Å². The van der Waals surface area contributed by atoms with Crippen molar-refractivity contribution in [2.45, 2.75) is 71.8 Å². The van der Waals surface area contributed by atoms with Crippen molar-refractivity contribution in [2.24, 2.45) is 28.6 Å². The average Bonchev–Trinajstić information content (AvgIpc) is 3.06. The highest BCUT2D eigenvalue weighted by Gasteiger charge is 2.56. The molecule has 1 aromatic heterocycles. The lowest BCUT2D eigenvalue weighted by molar-refractivity contribution is -0.148. The summed E-state index contributed by atoms with van der Waals surface area (Å²) in [4.78, 5) is 15.8. The zero-order valence-electron chi connectivity index (χ0n) is 18.0. The number of hydrogen-bond acceptors (Lipinski definition) is 3. The van der Waals surface area contributed by atoms with Gasteiger partial charge in [0.15, 0.2) is 0 Å². The van der Waals surface area contributed by atoms with E-state index >= 15 is 0 Å². The standard InChI is InChI=1S/C26H33NO2/c1-17(28)29-20-10-12-25(2)19(15-20)6-7-21-23-9-8-22(18-5-4-14-27-16-18)26(23,3)13-11-24(21)25/h4-6,8,14,16,20-21,23-24H,7,9-13,15H2,1-3H3/t20-,21-,23?,24-,25-,26+/m0/s1. The Kier molecular flexibility index (Phi) is 4.49. The first-order chi connectivity index (χ1) is 13.9. The molecule has 4 aliphatic rings. The summed E-state index contributed by atoms with van der Waals surface area (Å²) in [5.74, 6) is 2.12. The van der Waals surface area contributed by atoms with Gasteiger partial charge in [-0.3, -0.25) is 9.78 Å². The predicted octanol–water partition coefficient (Wildman–Crippen LogP) is 5.97. The molecule has 154 valence electrons. The van der Waals surface area contributed by atoms with Crippen LogP contribution in [0.25, 0.3) is 5.57 Å². The summed E-state index contributed by atoms with van der Waals surface area (Å²) in [5.41, 5.74) is 4.99. The monoisotopic (exact) mass is 391 g/mol. The zero-order chi connectivity index (χ0) is 20.2. The Bertz CT molecular complexity index is 872. The second-order valence-corrected chi connectivity index (χ2v) is 10.3. The maximum Gasteiger partial charge on any atom is 0.302 e. The number of nitrogens with zero attached hydrogens (tertiary/aromatic N) is 1. The zero-order valence-corrected chi connectivity index (χ0v) is 18.0. The van der Waals surface area contributed by atoms with Crippen LogP contribution in [-0.4, -0.2) is 17.1 Å². The molecule has 29 heavy (non-hydrogen) atoms. The predicted molar refractivity (Wildman–Crippen MR) is 115 cm³/mol. The molecule has 0 radical (unpaired) electrons. The third-order valence-electron chi connectivity index (χ3n) is 8.94. The molecule has 1 heterocycles. The maximum absolute atomic E-state index is 11.4. The number of esters is 1. The fraction of sp³-hybridized carbons (Fsp3) is 0.615. The minimum Gasteiger partial charge on any atom is -0.462 e. The molecule has 6 atom stereocenters. The van der Waals surface area contributed by atoms with Crippen molar-refractivity contribution in [3.8, 4) is 0 Å². The largest absolute Gasteiger partial charge is 0.462 e. The van der Waals surface area contributed by atoms with Gasteiger partial charge >= 0.3 is 5.97 Å². The number of pyridine rings is 1. The summed E-state index contributed by atoms with van der Waals surface area (Å²) < 4.78 is 5.58. The molecule has 0 bridgehead atoms. The van der Waals surface area contributed by atoms with Crippen LogP contribution in [0.2, 0.25) is 0 Å². The van der Waals surface area contributed by atoms with Crippen LogP contribution in [-0.2, 0) is 9.53 Å². The van der Waals surface area contributed by atoms with Gasteiger partial charge in [0.2, 0.25) is 0 Å². The first-order valence-electron chi connectivity index (χ1n) is 11.4. The first kappa shape index (κ1) is 19.1. The first-order valence-corrected chi connectivity index (χ1v) is 11.4. The highest BCUT2D eigenvalue weighted by atomic mass is 16.5. The van der Waals surface area contributed by atoms with Crippen molar-refractivity contribution < 1.29 is 9.53 Å². The van der Waals surface area contributed by atoms with E-state index in [1.807, 2.05) is 12.4 Å². The van der Waals surface area contributed by atoms with Gasteiger partial charge in [0, 0.05) is 25.7 Å². The van der Waals surface area contributed by atoms with Gasteiger partial charge in [0.05, 0.1) is 0 Å². The molecule has 3 heteroatoms. The van der Waals surface area contributed by atoms with Gasteiger partial charge in [-0.2, -0.15) is 0 Å². The van der Waals surface area contributed by atoms with E-state index in [1.54, 1.807) is 5.57 Å². The maximum atomic E-state index is 11.4. The molecule has 4 aliphatic carbocycles.